The fourth-order valence-corrected chi connectivity index (χ4v) is 2.09. The van der Waals surface area contributed by atoms with Gasteiger partial charge in [-0.3, -0.25) is 0 Å². The summed E-state index contributed by atoms with van der Waals surface area (Å²) in [5.74, 6) is 1.53. The molecule has 0 aliphatic heterocycles. The van der Waals surface area contributed by atoms with Crippen LogP contribution in [0.25, 0.3) is 0 Å². The number of aliphatic hydroxyl groups excluding tert-OH is 1. The third-order valence-corrected chi connectivity index (χ3v) is 3.26. The second-order valence-electron chi connectivity index (χ2n) is 5.74. The van der Waals surface area contributed by atoms with Crippen molar-refractivity contribution in [3.05, 3.63) is 29.8 Å². The van der Waals surface area contributed by atoms with Gasteiger partial charge in [0.15, 0.2) is 0 Å². The minimum absolute atomic E-state index is 0.176. The number of hydrogen-bond donors (Lipinski definition) is 2. The largest absolute Gasteiger partial charge is 0.494 e. The van der Waals surface area contributed by atoms with E-state index in [0.717, 1.165) is 38.2 Å². The van der Waals surface area contributed by atoms with E-state index in [4.69, 9.17) is 4.74 Å². The van der Waals surface area contributed by atoms with E-state index in [2.05, 4.69) is 38.2 Å². The lowest BCUT2D eigenvalue weighted by atomic mass is 10.0. The van der Waals surface area contributed by atoms with Crippen molar-refractivity contribution in [2.45, 2.75) is 52.6 Å². The number of aliphatic hydroxyl groups is 1. The molecular weight excluding hydrogens is 250 g/mol. The van der Waals surface area contributed by atoms with Crippen molar-refractivity contribution >= 4 is 0 Å². The van der Waals surface area contributed by atoms with E-state index in [1.165, 1.54) is 5.56 Å². The number of benzene rings is 1. The van der Waals surface area contributed by atoms with Crippen LogP contribution in [0.2, 0.25) is 0 Å². The standard InChI is InChI=1S/C17H29NO2/c1-4-5-10-20-17-8-6-15(7-9-17)12-18-16(13-19)11-14(2)3/h6-9,14,16,18-19H,4-5,10-13H2,1-3H3. The Balaban J connectivity index is 2.36. The lowest BCUT2D eigenvalue weighted by molar-refractivity contribution is 0.223. The predicted octanol–water partition coefficient (Wildman–Crippen LogP) is 3.36. The number of nitrogens with one attached hydrogen (secondary N) is 1. The first-order chi connectivity index (χ1) is 9.65. The molecular formula is C17H29NO2. The zero-order valence-electron chi connectivity index (χ0n) is 13.1. The SMILES string of the molecule is CCCCOc1ccc(CNC(CO)CC(C)C)cc1. The van der Waals surface area contributed by atoms with Crippen molar-refractivity contribution in [2.75, 3.05) is 13.2 Å². The first-order valence-electron chi connectivity index (χ1n) is 7.71. The molecule has 0 spiro atoms. The summed E-state index contributed by atoms with van der Waals surface area (Å²) in [7, 11) is 0. The van der Waals surface area contributed by atoms with Gasteiger partial charge in [0.2, 0.25) is 0 Å². The molecule has 0 saturated carbocycles. The molecule has 0 aliphatic rings. The summed E-state index contributed by atoms with van der Waals surface area (Å²) in [5, 5.41) is 12.7. The highest BCUT2D eigenvalue weighted by Gasteiger charge is 2.08. The van der Waals surface area contributed by atoms with Crippen LogP contribution in [0.4, 0.5) is 0 Å². The maximum atomic E-state index is 9.34. The van der Waals surface area contributed by atoms with Gasteiger partial charge in [0.05, 0.1) is 13.2 Å². The smallest absolute Gasteiger partial charge is 0.119 e. The van der Waals surface area contributed by atoms with E-state index in [1.54, 1.807) is 0 Å². The van der Waals surface area contributed by atoms with Gasteiger partial charge >= 0.3 is 0 Å². The van der Waals surface area contributed by atoms with Gasteiger partial charge in [0, 0.05) is 12.6 Å². The van der Waals surface area contributed by atoms with Crippen molar-refractivity contribution in [3.8, 4) is 5.75 Å². The van der Waals surface area contributed by atoms with E-state index in [-0.39, 0.29) is 12.6 Å². The quantitative estimate of drug-likeness (QED) is 0.645. The van der Waals surface area contributed by atoms with E-state index in [9.17, 15) is 5.11 Å². The molecule has 0 aliphatic carbocycles. The molecule has 1 atom stereocenters. The Bertz CT molecular complexity index is 349. The van der Waals surface area contributed by atoms with E-state index >= 15 is 0 Å². The van der Waals surface area contributed by atoms with Crippen LogP contribution in [-0.2, 0) is 6.54 Å². The zero-order chi connectivity index (χ0) is 14.8. The summed E-state index contributed by atoms with van der Waals surface area (Å²) < 4.78 is 5.64. The van der Waals surface area contributed by atoms with Crippen molar-refractivity contribution in [2.24, 2.45) is 5.92 Å². The summed E-state index contributed by atoms with van der Waals surface area (Å²) in [4.78, 5) is 0. The molecule has 3 nitrogen and oxygen atoms in total. The molecule has 0 radical (unpaired) electrons. The molecule has 0 aromatic heterocycles. The average molecular weight is 279 g/mol. The van der Waals surface area contributed by atoms with Crippen LogP contribution in [0.3, 0.4) is 0 Å². The lowest BCUT2D eigenvalue weighted by Gasteiger charge is -2.18. The topological polar surface area (TPSA) is 41.5 Å². The average Bonchev–Trinajstić information content (AvgIpc) is 2.44. The van der Waals surface area contributed by atoms with Crippen molar-refractivity contribution in [1.82, 2.24) is 5.32 Å². The van der Waals surface area contributed by atoms with Crippen LogP contribution < -0.4 is 10.1 Å². The summed E-state index contributed by atoms with van der Waals surface area (Å²) in [6.45, 7) is 8.27. The molecule has 1 aromatic rings. The molecule has 0 bridgehead atoms. The Labute approximate surface area is 123 Å². The minimum atomic E-state index is 0.176. The molecule has 0 fully saturated rings. The van der Waals surface area contributed by atoms with Crippen LogP contribution in [-0.4, -0.2) is 24.4 Å². The van der Waals surface area contributed by atoms with Gasteiger partial charge in [-0.15, -0.1) is 0 Å². The van der Waals surface area contributed by atoms with E-state index in [1.807, 2.05) is 12.1 Å². The summed E-state index contributed by atoms with van der Waals surface area (Å²) in [5.41, 5.74) is 1.22. The number of ether oxygens (including phenoxy) is 1. The van der Waals surface area contributed by atoms with Gasteiger partial charge in [-0.1, -0.05) is 39.3 Å². The molecule has 0 amide bonds. The summed E-state index contributed by atoms with van der Waals surface area (Å²) >= 11 is 0. The van der Waals surface area contributed by atoms with E-state index < -0.39 is 0 Å². The first kappa shape index (κ1) is 17.0. The molecule has 20 heavy (non-hydrogen) atoms. The predicted molar refractivity (Wildman–Crippen MR) is 84.0 cm³/mol. The number of hydrogen-bond acceptors (Lipinski definition) is 3. The van der Waals surface area contributed by atoms with Crippen molar-refractivity contribution in [3.63, 3.8) is 0 Å². The normalized spacial score (nSPS) is 12.7. The molecule has 1 rings (SSSR count). The summed E-state index contributed by atoms with van der Waals surface area (Å²) in [6.07, 6.45) is 3.24. The van der Waals surface area contributed by atoms with Crippen molar-refractivity contribution < 1.29 is 9.84 Å². The second-order valence-corrected chi connectivity index (χ2v) is 5.74. The summed E-state index contributed by atoms with van der Waals surface area (Å²) in [6, 6.07) is 8.37. The second kappa shape index (κ2) is 9.78. The van der Waals surface area contributed by atoms with E-state index in [0.29, 0.717) is 5.92 Å². The third kappa shape index (κ3) is 6.92. The van der Waals surface area contributed by atoms with Crippen LogP contribution in [0.15, 0.2) is 24.3 Å². The molecule has 0 saturated heterocycles. The third-order valence-electron chi connectivity index (χ3n) is 3.26. The molecule has 1 aromatic carbocycles. The number of unbranched alkanes of at least 4 members (excludes halogenated alkanes) is 1. The Morgan fingerprint density at radius 1 is 1.20 bits per heavy atom. The number of rotatable bonds is 10. The fourth-order valence-electron chi connectivity index (χ4n) is 2.09. The van der Waals surface area contributed by atoms with Crippen LogP contribution >= 0.6 is 0 Å². The van der Waals surface area contributed by atoms with Gasteiger partial charge in [0.25, 0.3) is 0 Å². The Morgan fingerprint density at radius 3 is 2.45 bits per heavy atom. The van der Waals surface area contributed by atoms with Crippen LogP contribution in [0, 0.1) is 5.92 Å². The molecule has 2 N–H and O–H groups in total. The first-order valence-corrected chi connectivity index (χ1v) is 7.71. The molecule has 0 heterocycles. The van der Waals surface area contributed by atoms with Crippen molar-refractivity contribution in [1.29, 1.82) is 0 Å². The highest BCUT2D eigenvalue weighted by atomic mass is 16.5. The molecule has 1 unspecified atom stereocenters. The Hall–Kier alpha value is -1.06. The monoisotopic (exact) mass is 279 g/mol. The molecule has 114 valence electrons. The van der Waals surface area contributed by atoms with Gasteiger partial charge in [-0.25, -0.2) is 0 Å². The van der Waals surface area contributed by atoms with Crippen LogP contribution in [0.1, 0.15) is 45.6 Å². The maximum Gasteiger partial charge on any atom is 0.119 e. The minimum Gasteiger partial charge on any atom is -0.494 e. The Morgan fingerprint density at radius 2 is 1.90 bits per heavy atom. The van der Waals surface area contributed by atoms with Gasteiger partial charge in [0.1, 0.15) is 5.75 Å². The highest BCUT2D eigenvalue weighted by molar-refractivity contribution is 5.27. The van der Waals surface area contributed by atoms with Gasteiger partial charge in [-0.2, -0.15) is 0 Å². The van der Waals surface area contributed by atoms with Gasteiger partial charge < -0.3 is 15.2 Å². The van der Waals surface area contributed by atoms with Gasteiger partial charge in [-0.05, 0) is 36.5 Å². The van der Waals surface area contributed by atoms with Crippen LogP contribution in [0.5, 0.6) is 5.75 Å². The fraction of sp³-hybridized carbons (Fsp3) is 0.647. The maximum absolute atomic E-state index is 9.34. The Kier molecular flexibility index (Phi) is 8.31. The molecule has 3 heteroatoms. The lowest BCUT2D eigenvalue weighted by Crippen LogP contribution is -2.33. The highest BCUT2D eigenvalue weighted by Crippen LogP contribution is 2.13. The zero-order valence-corrected chi connectivity index (χ0v) is 13.1.